The van der Waals surface area contributed by atoms with E-state index in [2.05, 4.69) is 37.1 Å². The number of nitrogens with zero attached hydrogens (tertiary/aromatic N) is 3. The van der Waals surface area contributed by atoms with E-state index in [1.807, 2.05) is 31.3 Å². The van der Waals surface area contributed by atoms with Crippen LogP contribution in [0.5, 0.6) is 0 Å². The monoisotopic (exact) mass is 285 g/mol. The predicted molar refractivity (Wildman–Crippen MR) is 83.8 cm³/mol. The van der Waals surface area contributed by atoms with Gasteiger partial charge in [-0.15, -0.1) is 0 Å². The largest absolute Gasteiger partial charge is 0.355 e. The summed E-state index contributed by atoms with van der Waals surface area (Å²) in [4.78, 5) is 10.9. The molecule has 0 fully saturated rings. The number of rotatable bonds is 4. The van der Waals surface area contributed by atoms with Crippen LogP contribution in [-0.2, 0) is 6.54 Å². The van der Waals surface area contributed by atoms with Crippen LogP contribution in [0.2, 0.25) is 0 Å². The number of hydrogen-bond acceptors (Lipinski definition) is 6. The summed E-state index contributed by atoms with van der Waals surface area (Å²) < 4.78 is 0. The number of anilines is 2. The van der Waals surface area contributed by atoms with E-state index in [1.54, 1.807) is 11.3 Å². The Bertz CT molecular complexity index is 711. The number of benzene rings is 1. The summed E-state index contributed by atoms with van der Waals surface area (Å²) in [5, 5.41) is 5.24. The zero-order valence-corrected chi connectivity index (χ0v) is 11.9. The smallest absolute Gasteiger partial charge is 0.239 e. The van der Waals surface area contributed by atoms with Crippen molar-refractivity contribution in [2.75, 3.05) is 17.4 Å². The van der Waals surface area contributed by atoms with Gasteiger partial charge in [0.15, 0.2) is 0 Å². The zero-order valence-electron chi connectivity index (χ0n) is 11.1. The fourth-order valence-corrected chi connectivity index (χ4v) is 2.81. The molecule has 3 aromatic rings. The molecule has 0 saturated carbocycles. The first-order chi connectivity index (χ1) is 9.78. The average Bonchev–Trinajstić information content (AvgIpc) is 2.98. The molecule has 0 aliphatic heterocycles. The van der Waals surface area contributed by atoms with Crippen molar-refractivity contribution < 1.29 is 0 Å². The average molecular weight is 285 g/mol. The summed E-state index contributed by atoms with van der Waals surface area (Å²) in [6.45, 7) is 0.800. The van der Waals surface area contributed by atoms with Gasteiger partial charge < -0.3 is 4.90 Å². The van der Waals surface area contributed by atoms with Crippen LogP contribution < -0.4 is 16.2 Å². The zero-order chi connectivity index (χ0) is 13.9. The molecule has 2 aromatic heterocycles. The quantitative estimate of drug-likeness (QED) is 0.570. The van der Waals surface area contributed by atoms with E-state index in [9.17, 15) is 0 Å². The maximum absolute atomic E-state index is 5.45. The lowest BCUT2D eigenvalue weighted by atomic mass is 10.2. The van der Waals surface area contributed by atoms with Gasteiger partial charge >= 0.3 is 0 Å². The first kappa shape index (κ1) is 12.8. The highest BCUT2D eigenvalue weighted by molar-refractivity contribution is 7.07. The van der Waals surface area contributed by atoms with Gasteiger partial charge in [-0.25, -0.2) is 10.8 Å². The van der Waals surface area contributed by atoms with Crippen molar-refractivity contribution in [2.24, 2.45) is 5.84 Å². The minimum Gasteiger partial charge on any atom is -0.355 e. The molecule has 3 N–H and O–H groups in total. The van der Waals surface area contributed by atoms with Crippen LogP contribution in [0, 0.1) is 0 Å². The Kier molecular flexibility index (Phi) is 3.49. The molecule has 5 nitrogen and oxygen atoms in total. The molecule has 1 aromatic carbocycles. The molecular formula is C14H15N5S. The third kappa shape index (κ3) is 2.43. The van der Waals surface area contributed by atoms with E-state index in [1.165, 1.54) is 5.56 Å². The minimum absolute atomic E-state index is 0.427. The van der Waals surface area contributed by atoms with Gasteiger partial charge in [0.25, 0.3) is 0 Å². The number of nitrogens with one attached hydrogen (secondary N) is 1. The molecule has 0 spiro atoms. The number of hydrazine groups is 1. The van der Waals surface area contributed by atoms with Crippen molar-refractivity contribution in [1.82, 2.24) is 9.97 Å². The Labute approximate surface area is 121 Å². The Morgan fingerprint density at radius 2 is 2.10 bits per heavy atom. The van der Waals surface area contributed by atoms with E-state index >= 15 is 0 Å². The highest BCUT2D eigenvalue weighted by Gasteiger charge is 2.11. The van der Waals surface area contributed by atoms with Gasteiger partial charge in [0, 0.05) is 19.0 Å². The number of nitrogen functional groups attached to an aromatic ring is 1. The van der Waals surface area contributed by atoms with E-state index in [0.717, 1.165) is 23.3 Å². The summed E-state index contributed by atoms with van der Waals surface area (Å²) in [5.41, 5.74) is 4.67. The summed E-state index contributed by atoms with van der Waals surface area (Å²) in [7, 11) is 2.02. The Balaban J connectivity index is 2.04. The van der Waals surface area contributed by atoms with Crippen molar-refractivity contribution in [3.8, 4) is 0 Å². The van der Waals surface area contributed by atoms with Crippen LogP contribution in [0.1, 0.15) is 5.56 Å². The number of fused-ring (bicyclic) bond motifs is 1. The Morgan fingerprint density at radius 1 is 1.25 bits per heavy atom. The summed E-state index contributed by atoms with van der Waals surface area (Å²) >= 11 is 1.70. The molecule has 0 bridgehead atoms. The lowest BCUT2D eigenvalue weighted by molar-refractivity contribution is 0.904. The second kappa shape index (κ2) is 5.44. The van der Waals surface area contributed by atoms with Gasteiger partial charge in [-0.3, -0.25) is 5.43 Å². The maximum Gasteiger partial charge on any atom is 0.239 e. The molecule has 0 atom stereocenters. The molecular weight excluding hydrogens is 270 g/mol. The fraction of sp³-hybridized carbons (Fsp3) is 0.143. The molecule has 0 radical (unpaired) electrons. The lowest BCUT2D eigenvalue weighted by Gasteiger charge is -2.20. The molecule has 0 amide bonds. The van der Waals surface area contributed by atoms with Crippen molar-refractivity contribution >= 4 is 34.0 Å². The Hall–Kier alpha value is -2.18. The number of hydrogen-bond donors (Lipinski definition) is 2. The Morgan fingerprint density at radius 3 is 2.85 bits per heavy atom. The molecule has 102 valence electrons. The van der Waals surface area contributed by atoms with Gasteiger partial charge in [0.2, 0.25) is 5.95 Å². The van der Waals surface area contributed by atoms with Gasteiger partial charge in [-0.05, 0) is 34.5 Å². The second-order valence-corrected chi connectivity index (χ2v) is 5.30. The van der Waals surface area contributed by atoms with Crippen molar-refractivity contribution in [1.29, 1.82) is 0 Å². The normalized spacial score (nSPS) is 10.7. The van der Waals surface area contributed by atoms with E-state index in [4.69, 9.17) is 5.84 Å². The minimum atomic E-state index is 0.427. The van der Waals surface area contributed by atoms with Crippen LogP contribution in [0.15, 0.2) is 41.1 Å². The second-order valence-electron chi connectivity index (χ2n) is 4.52. The van der Waals surface area contributed by atoms with Gasteiger partial charge in [0.1, 0.15) is 5.82 Å². The topological polar surface area (TPSA) is 67.1 Å². The standard InChI is InChI=1S/C14H15N5S/c1-19(8-10-6-7-20-9-10)13-11-4-2-3-5-12(11)16-14(17-13)18-15/h2-7,9H,8,15H2,1H3,(H,16,17,18). The molecule has 2 heterocycles. The third-order valence-electron chi connectivity index (χ3n) is 3.07. The molecule has 6 heteroatoms. The fourth-order valence-electron chi connectivity index (χ4n) is 2.15. The number of nitrogens with two attached hydrogens (primary N) is 1. The van der Waals surface area contributed by atoms with Crippen LogP contribution in [0.3, 0.4) is 0 Å². The molecule has 20 heavy (non-hydrogen) atoms. The maximum atomic E-state index is 5.45. The molecule has 3 rings (SSSR count). The van der Waals surface area contributed by atoms with Crippen molar-refractivity contribution in [3.05, 3.63) is 46.7 Å². The first-order valence-electron chi connectivity index (χ1n) is 6.23. The van der Waals surface area contributed by atoms with E-state index in [-0.39, 0.29) is 0 Å². The molecule has 0 aliphatic carbocycles. The van der Waals surface area contributed by atoms with E-state index in [0.29, 0.717) is 5.95 Å². The van der Waals surface area contributed by atoms with Gasteiger partial charge in [-0.1, -0.05) is 12.1 Å². The van der Waals surface area contributed by atoms with Crippen LogP contribution in [0.25, 0.3) is 10.9 Å². The number of thiophene rings is 1. The first-order valence-corrected chi connectivity index (χ1v) is 7.18. The van der Waals surface area contributed by atoms with E-state index < -0.39 is 0 Å². The van der Waals surface area contributed by atoms with Gasteiger partial charge in [-0.2, -0.15) is 16.3 Å². The van der Waals surface area contributed by atoms with Crippen LogP contribution in [0.4, 0.5) is 11.8 Å². The van der Waals surface area contributed by atoms with Crippen LogP contribution in [-0.4, -0.2) is 17.0 Å². The predicted octanol–water partition coefficient (Wildman–Crippen LogP) is 2.61. The number of aromatic nitrogens is 2. The van der Waals surface area contributed by atoms with Crippen molar-refractivity contribution in [2.45, 2.75) is 6.54 Å². The summed E-state index contributed by atoms with van der Waals surface area (Å²) in [5.74, 6) is 6.75. The van der Waals surface area contributed by atoms with Gasteiger partial charge in [0.05, 0.1) is 5.52 Å². The molecule has 0 aliphatic rings. The highest BCUT2D eigenvalue weighted by atomic mass is 32.1. The molecule has 0 unspecified atom stereocenters. The lowest BCUT2D eigenvalue weighted by Crippen LogP contribution is -2.20. The SMILES string of the molecule is CN(Cc1ccsc1)c1nc(NN)nc2ccccc12. The number of para-hydroxylation sites is 1. The third-order valence-corrected chi connectivity index (χ3v) is 3.81. The highest BCUT2D eigenvalue weighted by Crippen LogP contribution is 2.25. The molecule has 0 saturated heterocycles. The summed E-state index contributed by atoms with van der Waals surface area (Å²) in [6.07, 6.45) is 0. The van der Waals surface area contributed by atoms with Crippen molar-refractivity contribution in [3.63, 3.8) is 0 Å². The van der Waals surface area contributed by atoms with Crippen LogP contribution >= 0.6 is 11.3 Å². The summed E-state index contributed by atoms with van der Waals surface area (Å²) in [6, 6.07) is 10.0.